The van der Waals surface area contributed by atoms with Crippen molar-refractivity contribution in [3.8, 4) is 5.69 Å². The quantitative estimate of drug-likeness (QED) is 0.718. The topological polar surface area (TPSA) is 51.0 Å². The molecule has 0 aliphatic carbocycles. The summed E-state index contributed by atoms with van der Waals surface area (Å²) in [5, 5.41) is 1.15. The van der Waals surface area contributed by atoms with E-state index in [1.807, 2.05) is 25.1 Å². The Hall–Kier alpha value is -2.40. The molecule has 0 unspecified atom stereocenters. The van der Waals surface area contributed by atoms with Crippen molar-refractivity contribution in [2.24, 2.45) is 0 Å². The molecule has 122 valence electrons. The fourth-order valence-electron chi connectivity index (χ4n) is 3.02. The molecule has 1 fully saturated rings. The van der Waals surface area contributed by atoms with Crippen LogP contribution in [0, 0.1) is 6.92 Å². The first-order chi connectivity index (χ1) is 11.6. The van der Waals surface area contributed by atoms with Crippen LogP contribution in [-0.4, -0.2) is 27.6 Å². The molecular weight excluding hydrogens is 324 g/mol. The number of anilines is 1. The van der Waals surface area contributed by atoms with Crippen molar-refractivity contribution in [3.63, 3.8) is 0 Å². The van der Waals surface area contributed by atoms with E-state index in [2.05, 4.69) is 14.9 Å². The summed E-state index contributed by atoms with van der Waals surface area (Å²) in [6.45, 7) is 3.89. The van der Waals surface area contributed by atoms with Crippen LogP contribution >= 0.6 is 11.6 Å². The molecule has 24 heavy (non-hydrogen) atoms. The van der Waals surface area contributed by atoms with Crippen LogP contribution in [0.1, 0.15) is 18.4 Å². The maximum absolute atomic E-state index is 12.8. The molecule has 3 aromatic rings. The first-order valence-electron chi connectivity index (χ1n) is 8.03. The number of fused-ring (bicyclic) bond motifs is 1. The third-order valence-electron chi connectivity index (χ3n) is 4.46. The van der Waals surface area contributed by atoms with Gasteiger partial charge in [-0.25, -0.2) is 9.97 Å². The average molecular weight is 341 g/mol. The Morgan fingerprint density at radius 2 is 1.96 bits per heavy atom. The molecule has 2 aromatic heterocycles. The van der Waals surface area contributed by atoms with Crippen LogP contribution in [0.5, 0.6) is 0 Å². The van der Waals surface area contributed by atoms with Crippen molar-refractivity contribution in [1.82, 2.24) is 14.5 Å². The van der Waals surface area contributed by atoms with Gasteiger partial charge in [-0.15, -0.1) is 0 Å². The Kier molecular flexibility index (Phi) is 3.73. The summed E-state index contributed by atoms with van der Waals surface area (Å²) in [5.41, 5.74) is 2.25. The van der Waals surface area contributed by atoms with E-state index in [4.69, 9.17) is 11.6 Å². The van der Waals surface area contributed by atoms with Crippen LogP contribution in [0.25, 0.3) is 16.6 Å². The maximum Gasteiger partial charge on any atom is 0.266 e. The van der Waals surface area contributed by atoms with Gasteiger partial charge in [0.05, 0.1) is 16.6 Å². The van der Waals surface area contributed by atoms with Crippen LogP contribution in [0.4, 0.5) is 5.95 Å². The summed E-state index contributed by atoms with van der Waals surface area (Å²) < 4.78 is 1.58. The SMILES string of the molecule is Cc1ccc(-n2ccc3nc(N4CCCC4)ncc3c2=O)cc1Cl. The van der Waals surface area contributed by atoms with Crippen LogP contribution < -0.4 is 10.5 Å². The van der Waals surface area contributed by atoms with E-state index in [1.165, 1.54) is 0 Å². The van der Waals surface area contributed by atoms with Gasteiger partial charge in [-0.05, 0) is 43.5 Å². The lowest BCUT2D eigenvalue weighted by Crippen LogP contribution is -2.22. The fourth-order valence-corrected chi connectivity index (χ4v) is 3.20. The number of hydrogen-bond acceptors (Lipinski definition) is 4. The number of pyridine rings is 1. The maximum atomic E-state index is 12.8. The predicted molar refractivity (Wildman–Crippen MR) is 96.3 cm³/mol. The third-order valence-corrected chi connectivity index (χ3v) is 4.87. The van der Waals surface area contributed by atoms with Crippen molar-refractivity contribution < 1.29 is 0 Å². The number of hydrogen-bond donors (Lipinski definition) is 0. The van der Waals surface area contributed by atoms with E-state index in [0.29, 0.717) is 21.9 Å². The highest BCUT2D eigenvalue weighted by atomic mass is 35.5. The highest BCUT2D eigenvalue weighted by Crippen LogP contribution is 2.20. The Morgan fingerprint density at radius 1 is 1.17 bits per heavy atom. The third kappa shape index (κ3) is 2.55. The molecule has 4 rings (SSSR count). The first kappa shape index (κ1) is 15.1. The van der Waals surface area contributed by atoms with Gasteiger partial charge in [-0.1, -0.05) is 17.7 Å². The summed E-state index contributed by atoms with van der Waals surface area (Å²) in [4.78, 5) is 23.9. The molecule has 5 nitrogen and oxygen atoms in total. The number of halogens is 1. The highest BCUT2D eigenvalue weighted by Gasteiger charge is 2.16. The molecule has 0 N–H and O–H groups in total. The molecule has 0 saturated carbocycles. The van der Waals surface area contributed by atoms with Crippen molar-refractivity contribution in [1.29, 1.82) is 0 Å². The van der Waals surface area contributed by atoms with Gasteiger partial charge in [0.15, 0.2) is 0 Å². The Morgan fingerprint density at radius 3 is 2.71 bits per heavy atom. The zero-order valence-corrected chi connectivity index (χ0v) is 14.1. The minimum atomic E-state index is -0.139. The summed E-state index contributed by atoms with van der Waals surface area (Å²) in [6, 6.07) is 7.44. The molecule has 0 spiro atoms. The number of rotatable bonds is 2. The molecule has 1 saturated heterocycles. The standard InChI is InChI=1S/C18H17ClN4O/c1-12-4-5-13(10-15(12)19)23-9-6-16-14(17(23)24)11-20-18(21-16)22-7-2-3-8-22/h4-6,9-11H,2-3,7-8H2,1H3. The lowest BCUT2D eigenvalue weighted by atomic mass is 10.2. The molecule has 1 aromatic carbocycles. The zero-order chi connectivity index (χ0) is 16.7. The predicted octanol–water partition coefficient (Wildman–Crippen LogP) is 3.34. The van der Waals surface area contributed by atoms with Gasteiger partial charge in [0.25, 0.3) is 5.56 Å². The molecule has 1 aliphatic heterocycles. The van der Waals surface area contributed by atoms with E-state index < -0.39 is 0 Å². The summed E-state index contributed by atoms with van der Waals surface area (Å²) in [5.74, 6) is 0.704. The lowest BCUT2D eigenvalue weighted by Gasteiger charge is -2.15. The smallest absolute Gasteiger partial charge is 0.266 e. The second-order valence-electron chi connectivity index (χ2n) is 6.09. The van der Waals surface area contributed by atoms with Crippen LogP contribution in [0.3, 0.4) is 0 Å². The summed E-state index contributed by atoms with van der Waals surface area (Å²) in [7, 11) is 0. The molecule has 0 atom stereocenters. The largest absolute Gasteiger partial charge is 0.341 e. The average Bonchev–Trinajstić information content (AvgIpc) is 3.12. The summed E-state index contributed by atoms with van der Waals surface area (Å²) >= 11 is 6.18. The molecule has 3 heterocycles. The second kappa shape index (κ2) is 5.91. The van der Waals surface area contributed by atoms with Gasteiger partial charge < -0.3 is 4.90 Å². The van der Waals surface area contributed by atoms with Gasteiger partial charge in [-0.2, -0.15) is 0 Å². The van der Waals surface area contributed by atoms with Crippen LogP contribution in [0.15, 0.2) is 41.5 Å². The fraction of sp³-hybridized carbons (Fsp3) is 0.278. The van der Waals surface area contributed by atoms with E-state index in [9.17, 15) is 4.79 Å². The number of benzene rings is 1. The molecule has 0 radical (unpaired) electrons. The Labute approximate surface area is 144 Å². The van der Waals surface area contributed by atoms with Gasteiger partial charge >= 0.3 is 0 Å². The molecular formula is C18H17ClN4O. The van der Waals surface area contributed by atoms with E-state index in [-0.39, 0.29) is 5.56 Å². The normalized spacial score (nSPS) is 14.5. The van der Waals surface area contributed by atoms with Crippen LogP contribution in [-0.2, 0) is 0 Å². The van der Waals surface area contributed by atoms with Gasteiger partial charge in [0.2, 0.25) is 5.95 Å². The van der Waals surface area contributed by atoms with Gasteiger partial charge in [0, 0.05) is 30.5 Å². The van der Waals surface area contributed by atoms with Crippen LogP contribution in [0.2, 0.25) is 5.02 Å². The summed E-state index contributed by atoms with van der Waals surface area (Å²) in [6.07, 6.45) is 5.70. The number of aromatic nitrogens is 3. The minimum Gasteiger partial charge on any atom is -0.341 e. The van der Waals surface area contributed by atoms with E-state index in [1.54, 1.807) is 23.0 Å². The van der Waals surface area contributed by atoms with E-state index in [0.717, 1.165) is 37.2 Å². The van der Waals surface area contributed by atoms with Crippen molar-refractivity contribution >= 4 is 28.5 Å². The second-order valence-corrected chi connectivity index (χ2v) is 6.49. The first-order valence-corrected chi connectivity index (χ1v) is 8.41. The molecule has 0 amide bonds. The number of nitrogens with zero attached hydrogens (tertiary/aromatic N) is 4. The monoisotopic (exact) mass is 340 g/mol. The number of aryl methyl sites for hydroxylation is 1. The highest BCUT2D eigenvalue weighted by molar-refractivity contribution is 6.31. The van der Waals surface area contributed by atoms with Crippen molar-refractivity contribution in [3.05, 3.63) is 57.6 Å². The van der Waals surface area contributed by atoms with E-state index >= 15 is 0 Å². The molecule has 0 bridgehead atoms. The van der Waals surface area contributed by atoms with Gasteiger partial charge in [0.1, 0.15) is 0 Å². The zero-order valence-electron chi connectivity index (χ0n) is 13.4. The molecule has 1 aliphatic rings. The van der Waals surface area contributed by atoms with Crippen molar-refractivity contribution in [2.45, 2.75) is 19.8 Å². The molecule has 6 heteroatoms. The lowest BCUT2D eigenvalue weighted by molar-refractivity contribution is 0.904. The van der Waals surface area contributed by atoms with Crippen molar-refractivity contribution in [2.75, 3.05) is 18.0 Å². The Balaban J connectivity index is 1.81. The minimum absolute atomic E-state index is 0.139. The van der Waals surface area contributed by atoms with Gasteiger partial charge in [-0.3, -0.25) is 9.36 Å². The Bertz CT molecular complexity index is 976.